The molecule has 100 valence electrons. The van der Waals surface area contributed by atoms with E-state index in [0.29, 0.717) is 6.04 Å². The summed E-state index contributed by atoms with van der Waals surface area (Å²) in [5.41, 5.74) is 2.39. The molecule has 3 heteroatoms. The summed E-state index contributed by atoms with van der Waals surface area (Å²) < 4.78 is 0. The van der Waals surface area contributed by atoms with Crippen molar-refractivity contribution in [3.05, 3.63) is 36.5 Å². The maximum absolute atomic E-state index is 4.45. The van der Waals surface area contributed by atoms with Crippen LogP contribution in [0.5, 0.6) is 0 Å². The van der Waals surface area contributed by atoms with Gasteiger partial charge in [-0.05, 0) is 38.4 Å². The molecule has 1 aliphatic heterocycles. The fourth-order valence-electron chi connectivity index (χ4n) is 2.93. The number of likely N-dealkylation sites (N-methyl/N-ethyl adjacent to an activating group) is 1. The lowest BCUT2D eigenvalue weighted by Gasteiger charge is -2.27. The van der Waals surface area contributed by atoms with E-state index in [0.717, 1.165) is 18.6 Å². The molecule has 1 N–H and O–H groups in total. The van der Waals surface area contributed by atoms with E-state index in [1.165, 1.54) is 30.5 Å². The molecule has 1 aliphatic rings. The summed E-state index contributed by atoms with van der Waals surface area (Å²) in [6, 6.07) is 11.2. The normalized spacial score (nSPS) is 18.9. The van der Waals surface area contributed by atoms with Gasteiger partial charge in [0.05, 0.1) is 5.52 Å². The van der Waals surface area contributed by atoms with Crippen molar-refractivity contribution in [3.63, 3.8) is 0 Å². The van der Waals surface area contributed by atoms with Gasteiger partial charge in [0.25, 0.3) is 0 Å². The first-order chi connectivity index (χ1) is 9.38. The van der Waals surface area contributed by atoms with Crippen molar-refractivity contribution in [1.82, 2.24) is 10.3 Å². The Hall–Kier alpha value is -1.61. The SMILES string of the molecule is CCN(CC1CCCN1)c1ccnc2ccccc12. The van der Waals surface area contributed by atoms with Gasteiger partial charge in [0.1, 0.15) is 0 Å². The number of rotatable bonds is 4. The highest BCUT2D eigenvalue weighted by molar-refractivity contribution is 5.91. The molecule has 0 aliphatic carbocycles. The van der Waals surface area contributed by atoms with Crippen molar-refractivity contribution in [2.45, 2.75) is 25.8 Å². The third kappa shape index (κ3) is 2.56. The van der Waals surface area contributed by atoms with Crippen molar-refractivity contribution >= 4 is 16.6 Å². The van der Waals surface area contributed by atoms with Crippen LogP contribution in [0.2, 0.25) is 0 Å². The van der Waals surface area contributed by atoms with Gasteiger partial charge in [-0.25, -0.2) is 0 Å². The molecular weight excluding hydrogens is 234 g/mol. The molecule has 1 atom stereocenters. The van der Waals surface area contributed by atoms with Crippen LogP contribution in [0.15, 0.2) is 36.5 Å². The summed E-state index contributed by atoms with van der Waals surface area (Å²) in [6.45, 7) is 5.51. The molecule has 1 saturated heterocycles. The lowest BCUT2D eigenvalue weighted by Crippen LogP contribution is -2.37. The predicted molar refractivity (Wildman–Crippen MR) is 80.7 cm³/mol. The minimum Gasteiger partial charge on any atom is -0.370 e. The van der Waals surface area contributed by atoms with Gasteiger partial charge < -0.3 is 10.2 Å². The number of fused-ring (bicyclic) bond motifs is 1. The maximum atomic E-state index is 4.45. The summed E-state index contributed by atoms with van der Waals surface area (Å²) in [5, 5.41) is 4.84. The summed E-state index contributed by atoms with van der Waals surface area (Å²) in [4.78, 5) is 6.91. The summed E-state index contributed by atoms with van der Waals surface area (Å²) >= 11 is 0. The van der Waals surface area contributed by atoms with E-state index in [1.54, 1.807) is 0 Å². The summed E-state index contributed by atoms with van der Waals surface area (Å²) in [6.07, 6.45) is 4.52. The van der Waals surface area contributed by atoms with Gasteiger partial charge in [-0.2, -0.15) is 0 Å². The van der Waals surface area contributed by atoms with Crippen molar-refractivity contribution in [1.29, 1.82) is 0 Å². The molecule has 1 aromatic heterocycles. The molecule has 3 nitrogen and oxygen atoms in total. The molecule has 0 spiro atoms. The quantitative estimate of drug-likeness (QED) is 0.910. The Morgan fingerprint density at radius 2 is 2.21 bits per heavy atom. The molecule has 2 aromatic rings. The first-order valence-electron chi connectivity index (χ1n) is 7.20. The van der Waals surface area contributed by atoms with E-state index in [4.69, 9.17) is 0 Å². The van der Waals surface area contributed by atoms with E-state index in [9.17, 15) is 0 Å². The third-order valence-corrected chi connectivity index (χ3v) is 3.95. The first-order valence-corrected chi connectivity index (χ1v) is 7.20. The first kappa shape index (κ1) is 12.4. The van der Waals surface area contributed by atoms with Crippen LogP contribution in [0.3, 0.4) is 0 Å². The third-order valence-electron chi connectivity index (χ3n) is 3.95. The molecular formula is C16H21N3. The van der Waals surface area contributed by atoms with Crippen LogP contribution < -0.4 is 10.2 Å². The van der Waals surface area contributed by atoms with Gasteiger partial charge in [0.2, 0.25) is 0 Å². The topological polar surface area (TPSA) is 28.2 Å². The number of aromatic nitrogens is 1. The fraction of sp³-hybridized carbons (Fsp3) is 0.438. The highest BCUT2D eigenvalue weighted by Gasteiger charge is 2.18. The molecule has 0 amide bonds. The number of hydrogen-bond donors (Lipinski definition) is 1. The smallest absolute Gasteiger partial charge is 0.0722 e. The van der Waals surface area contributed by atoms with E-state index in [2.05, 4.69) is 46.4 Å². The Morgan fingerprint density at radius 3 is 3.00 bits per heavy atom. The summed E-state index contributed by atoms with van der Waals surface area (Å²) in [7, 11) is 0. The zero-order valence-electron chi connectivity index (χ0n) is 11.5. The van der Waals surface area contributed by atoms with Gasteiger partial charge >= 0.3 is 0 Å². The molecule has 0 bridgehead atoms. The minimum atomic E-state index is 0.631. The Balaban J connectivity index is 1.91. The molecule has 1 aromatic carbocycles. The fourth-order valence-corrected chi connectivity index (χ4v) is 2.93. The average Bonchev–Trinajstić information content (AvgIpc) is 2.97. The van der Waals surface area contributed by atoms with Crippen molar-refractivity contribution in [3.8, 4) is 0 Å². The van der Waals surface area contributed by atoms with Crippen molar-refractivity contribution in [2.75, 3.05) is 24.5 Å². The second-order valence-corrected chi connectivity index (χ2v) is 5.18. The predicted octanol–water partition coefficient (Wildman–Crippen LogP) is 2.81. The zero-order chi connectivity index (χ0) is 13.1. The monoisotopic (exact) mass is 255 g/mol. The number of para-hydroxylation sites is 1. The second kappa shape index (κ2) is 5.57. The summed E-state index contributed by atoms with van der Waals surface area (Å²) in [5.74, 6) is 0. The highest BCUT2D eigenvalue weighted by Crippen LogP contribution is 2.25. The van der Waals surface area contributed by atoms with Gasteiger partial charge in [0.15, 0.2) is 0 Å². The van der Waals surface area contributed by atoms with Crippen LogP contribution in [-0.2, 0) is 0 Å². The Morgan fingerprint density at radius 1 is 1.32 bits per heavy atom. The number of nitrogens with one attached hydrogen (secondary N) is 1. The standard InChI is InChI=1S/C16H21N3/c1-2-19(12-13-6-5-10-17-13)16-9-11-18-15-8-4-3-7-14(15)16/h3-4,7-9,11,13,17H,2,5-6,10,12H2,1H3. The van der Waals surface area contributed by atoms with Crippen LogP contribution in [0.4, 0.5) is 5.69 Å². The zero-order valence-corrected chi connectivity index (χ0v) is 11.5. The highest BCUT2D eigenvalue weighted by atomic mass is 15.2. The number of pyridine rings is 1. The molecule has 0 saturated carbocycles. The van der Waals surface area contributed by atoms with Crippen LogP contribution >= 0.6 is 0 Å². The van der Waals surface area contributed by atoms with E-state index < -0.39 is 0 Å². The lowest BCUT2D eigenvalue weighted by molar-refractivity contribution is 0.587. The number of hydrogen-bond acceptors (Lipinski definition) is 3. The van der Waals surface area contributed by atoms with E-state index >= 15 is 0 Å². The average molecular weight is 255 g/mol. The number of benzene rings is 1. The van der Waals surface area contributed by atoms with Crippen LogP contribution in [0.25, 0.3) is 10.9 Å². The van der Waals surface area contributed by atoms with Gasteiger partial charge in [-0.1, -0.05) is 18.2 Å². The molecule has 2 heterocycles. The van der Waals surface area contributed by atoms with Gasteiger partial charge in [-0.15, -0.1) is 0 Å². The Bertz CT molecular complexity index is 541. The van der Waals surface area contributed by atoms with Gasteiger partial charge in [0, 0.05) is 36.4 Å². The molecule has 19 heavy (non-hydrogen) atoms. The maximum Gasteiger partial charge on any atom is 0.0722 e. The molecule has 1 fully saturated rings. The van der Waals surface area contributed by atoms with Crippen LogP contribution in [-0.4, -0.2) is 30.7 Å². The Kier molecular flexibility index (Phi) is 3.65. The molecule has 3 rings (SSSR count). The van der Waals surface area contributed by atoms with Gasteiger partial charge in [-0.3, -0.25) is 4.98 Å². The minimum absolute atomic E-state index is 0.631. The van der Waals surface area contributed by atoms with E-state index in [1.807, 2.05) is 12.3 Å². The van der Waals surface area contributed by atoms with Crippen molar-refractivity contribution < 1.29 is 0 Å². The van der Waals surface area contributed by atoms with Crippen molar-refractivity contribution in [2.24, 2.45) is 0 Å². The molecule has 0 radical (unpaired) electrons. The lowest BCUT2D eigenvalue weighted by atomic mass is 10.1. The Labute approximate surface area is 114 Å². The number of anilines is 1. The van der Waals surface area contributed by atoms with Crippen LogP contribution in [0.1, 0.15) is 19.8 Å². The van der Waals surface area contributed by atoms with E-state index in [-0.39, 0.29) is 0 Å². The number of nitrogens with zero attached hydrogens (tertiary/aromatic N) is 2. The molecule has 1 unspecified atom stereocenters. The second-order valence-electron chi connectivity index (χ2n) is 5.18. The van der Waals surface area contributed by atoms with Crippen LogP contribution in [0, 0.1) is 0 Å². The largest absolute Gasteiger partial charge is 0.370 e.